The van der Waals surface area contributed by atoms with Gasteiger partial charge < -0.3 is 5.11 Å². The Bertz CT molecular complexity index is 669. The van der Waals surface area contributed by atoms with Gasteiger partial charge in [-0.3, -0.25) is 4.79 Å². The van der Waals surface area contributed by atoms with Gasteiger partial charge in [0, 0.05) is 10.0 Å². The van der Waals surface area contributed by atoms with Gasteiger partial charge in [0.15, 0.2) is 0 Å². The fourth-order valence-corrected chi connectivity index (χ4v) is 2.29. The molecule has 2 N–H and O–H groups in total. The number of amides is 1. The van der Waals surface area contributed by atoms with E-state index in [0.717, 1.165) is 5.56 Å². The molecule has 2 aromatic carbocycles. The van der Waals surface area contributed by atoms with Crippen LogP contribution in [0.5, 0.6) is 5.75 Å². The van der Waals surface area contributed by atoms with Gasteiger partial charge in [-0.25, -0.2) is 5.43 Å². The summed E-state index contributed by atoms with van der Waals surface area (Å²) in [5.74, 6) is -0.203. The molecule has 0 spiro atoms. The third kappa shape index (κ3) is 3.45. The lowest BCUT2D eigenvalue weighted by molar-refractivity contribution is 0.0954. The van der Waals surface area contributed by atoms with Crippen molar-refractivity contribution in [1.29, 1.82) is 0 Å². The summed E-state index contributed by atoms with van der Waals surface area (Å²) in [6, 6.07) is 12.2. The number of halogens is 1. The first kappa shape index (κ1) is 14.3. The van der Waals surface area contributed by atoms with E-state index < -0.39 is 0 Å². The Balaban J connectivity index is 2.07. The zero-order valence-electron chi connectivity index (χ0n) is 10.8. The van der Waals surface area contributed by atoms with Crippen molar-refractivity contribution in [3.05, 3.63) is 63.6 Å². The van der Waals surface area contributed by atoms with Crippen LogP contribution in [0.1, 0.15) is 21.5 Å². The molecule has 0 radical (unpaired) electrons. The maximum absolute atomic E-state index is 11.9. The SMILES string of the molecule is Cc1ccc(C(=O)N/N=C/c2ccccc2O)c(Br)c1. The number of nitrogens with one attached hydrogen (secondary N) is 1. The Morgan fingerprint density at radius 1 is 1.30 bits per heavy atom. The van der Waals surface area contributed by atoms with E-state index in [1.807, 2.05) is 19.1 Å². The van der Waals surface area contributed by atoms with Gasteiger partial charge in [-0.1, -0.05) is 18.2 Å². The van der Waals surface area contributed by atoms with Crippen molar-refractivity contribution in [2.45, 2.75) is 6.92 Å². The summed E-state index contributed by atoms with van der Waals surface area (Å²) in [7, 11) is 0. The fourth-order valence-electron chi connectivity index (χ4n) is 1.62. The van der Waals surface area contributed by atoms with E-state index in [4.69, 9.17) is 0 Å². The number of aryl methyl sites for hydroxylation is 1. The second-order valence-electron chi connectivity index (χ2n) is 4.24. The Morgan fingerprint density at radius 3 is 2.75 bits per heavy atom. The summed E-state index contributed by atoms with van der Waals surface area (Å²) in [6.45, 7) is 1.95. The van der Waals surface area contributed by atoms with Crippen LogP contribution in [0.2, 0.25) is 0 Å². The Labute approximate surface area is 125 Å². The van der Waals surface area contributed by atoms with Crippen LogP contribution in [0.25, 0.3) is 0 Å². The molecule has 0 aliphatic rings. The van der Waals surface area contributed by atoms with Crippen LogP contribution in [0, 0.1) is 6.92 Å². The molecule has 0 aliphatic heterocycles. The van der Waals surface area contributed by atoms with Gasteiger partial charge in [-0.15, -0.1) is 0 Å². The van der Waals surface area contributed by atoms with Crippen LogP contribution in [0.3, 0.4) is 0 Å². The number of hydrazone groups is 1. The highest BCUT2D eigenvalue weighted by Crippen LogP contribution is 2.18. The third-order valence-electron chi connectivity index (χ3n) is 2.68. The Kier molecular flexibility index (Phi) is 4.53. The van der Waals surface area contributed by atoms with Gasteiger partial charge in [-0.2, -0.15) is 5.10 Å². The minimum absolute atomic E-state index is 0.113. The van der Waals surface area contributed by atoms with Crippen molar-refractivity contribution in [3.8, 4) is 5.75 Å². The maximum atomic E-state index is 11.9. The first-order valence-corrected chi connectivity index (χ1v) is 6.75. The molecule has 2 rings (SSSR count). The number of phenols is 1. The number of rotatable bonds is 3. The average Bonchev–Trinajstić information content (AvgIpc) is 2.40. The van der Waals surface area contributed by atoms with Crippen molar-refractivity contribution in [2.24, 2.45) is 5.10 Å². The quantitative estimate of drug-likeness (QED) is 0.669. The monoisotopic (exact) mass is 332 g/mol. The summed E-state index contributed by atoms with van der Waals surface area (Å²) in [5.41, 5.74) is 4.53. The standard InChI is InChI=1S/C15H13BrN2O2/c1-10-6-7-12(13(16)8-10)15(20)18-17-9-11-4-2-3-5-14(11)19/h2-9,19H,1H3,(H,18,20)/b17-9+. The van der Waals surface area contributed by atoms with Crippen LogP contribution in [-0.2, 0) is 0 Å². The average molecular weight is 333 g/mol. The molecule has 0 saturated heterocycles. The van der Waals surface area contributed by atoms with Gasteiger partial charge in [0.05, 0.1) is 11.8 Å². The van der Waals surface area contributed by atoms with E-state index in [1.54, 1.807) is 30.3 Å². The van der Waals surface area contributed by atoms with E-state index in [0.29, 0.717) is 15.6 Å². The number of para-hydroxylation sites is 1. The van der Waals surface area contributed by atoms with Crippen molar-refractivity contribution in [1.82, 2.24) is 5.43 Å². The largest absolute Gasteiger partial charge is 0.507 e. The lowest BCUT2D eigenvalue weighted by atomic mass is 10.1. The molecule has 20 heavy (non-hydrogen) atoms. The van der Waals surface area contributed by atoms with E-state index in [9.17, 15) is 9.90 Å². The number of hydrogen-bond acceptors (Lipinski definition) is 3. The number of benzene rings is 2. The van der Waals surface area contributed by atoms with Crippen LogP contribution >= 0.6 is 15.9 Å². The summed E-state index contributed by atoms with van der Waals surface area (Å²) in [4.78, 5) is 11.9. The Morgan fingerprint density at radius 2 is 2.05 bits per heavy atom. The summed E-state index contributed by atoms with van der Waals surface area (Å²) >= 11 is 3.34. The lowest BCUT2D eigenvalue weighted by Crippen LogP contribution is -2.18. The predicted molar refractivity (Wildman–Crippen MR) is 82.0 cm³/mol. The highest BCUT2D eigenvalue weighted by Gasteiger charge is 2.08. The molecule has 0 fully saturated rings. The molecule has 4 nitrogen and oxygen atoms in total. The van der Waals surface area contributed by atoms with E-state index in [1.165, 1.54) is 6.21 Å². The molecule has 0 heterocycles. The van der Waals surface area contributed by atoms with Crippen molar-refractivity contribution in [3.63, 3.8) is 0 Å². The van der Waals surface area contributed by atoms with Gasteiger partial charge in [-0.05, 0) is 52.7 Å². The Hall–Kier alpha value is -2.14. The normalized spacial score (nSPS) is 10.7. The number of carbonyl (C=O) groups excluding carboxylic acids is 1. The molecular formula is C15H13BrN2O2. The van der Waals surface area contributed by atoms with Crippen LogP contribution in [-0.4, -0.2) is 17.2 Å². The van der Waals surface area contributed by atoms with E-state index in [2.05, 4.69) is 26.5 Å². The number of carbonyl (C=O) groups is 1. The molecule has 0 bridgehead atoms. The number of hydrogen-bond donors (Lipinski definition) is 2. The molecule has 0 unspecified atom stereocenters. The fraction of sp³-hybridized carbons (Fsp3) is 0.0667. The van der Waals surface area contributed by atoms with E-state index >= 15 is 0 Å². The zero-order chi connectivity index (χ0) is 14.5. The predicted octanol–water partition coefficient (Wildman–Crippen LogP) is 3.23. The molecule has 102 valence electrons. The molecule has 2 aromatic rings. The second-order valence-corrected chi connectivity index (χ2v) is 5.10. The van der Waals surface area contributed by atoms with Gasteiger partial charge in [0.25, 0.3) is 5.91 Å². The summed E-state index contributed by atoms with van der Waals surface area (Å²) < 4.78 is 0.716. The van der Waals surface area contributed by atoms with Crippen molar-refractivity contribution >= 4 is 28.1 Å². The molecular weight excluding hydrogens is 320 g/mol. The van der Waals surface area contributed by atoms with Crippen molar-refractivity contribution < 1.29 is 9.90 Å². The van der Waals surface area contributed by atoms with Crippen molar-refractivity contribution in [2.75, 3.05) is 0 Å². The summed E-state index contributed by atoms with van der Waals surface area (Å²) in [6.07, 6.45) is 1.40. The molecule has 0 atom stereocenters. The number of phenolic OH excluding ortho intramolecular Hbond substituents is 1. The van der Waals surface area contributed by atoms with E-state index in [-0.39, 0.29) is 11.7 Å². The molecule has 1 amide bonds. The van der Waals surface area contributed by atoms with Crippen LogP contribution < -0.4 is 5.43 Å². The first-order chi connectivity index (χ1) is 9.58. The third-order valence-corrected chi connectivity index (χ3v) is 3.33. The second kappa shape index (κ2) is 6.34. The van der Waals surface area contributed by atoms with Gasteiger partial charge in [0.1, 0.15) is 5.75 Å². The lowest BCUT2D eigenvalue weighted by Gasteiger charge is -2.04. The van der Waals surface area contributed by atoms with Crippen LogP contribution in [0.4, 0.5) is 0 Å². The van der Waals surface area contributed by atoms with Gasteiger partial charge >= 0.3 is 0 Å². The number of aromatic hydroxyl groups is 1. The molecule has 0 saturated carbocycles. The summed E-state index contributed by atoms with van der Waals surface area (Å²) in [5, 5.41) is 13.4. The smallest absolute Gasteiger partial charge is 0.272 e. The molecule has 0 aliphatic carbocycles. The van der Waals surface area contributed by atoms with Crippen LogP contribution in [0.15, 0.2) is 52.0 Å². The highest BCUT2D eigenvalue weighted by molar-refractivity contribution is 9.10. The maximum Gasteiger partial charge on any atom is 0.272 e. The molecule has 0 aromatic heterocycles. The van der Waals surface area contributed by atoms with Gasteiger partial charge in [0.2, 0.25) is 0 Å². The first-order valence-electron chi connectivity index (χ1n) is 5.95. The minimum atomic E-state index is -0.316. The topological polar surface area (TPSA) is 61.7 Å². The zero-order valence-corrected chi connectivity index (χ0v) is 12.4. The molecule has 5 heteroatoms. The highest BCUT2D eigenvalue weighted by atomic mass is 79.9. The minimum Gasteiger partial charge on any atom is -0.507 e. The number of nitrogens with zero attached hydrogens (tertiary/aromatic N) is 1.